The third-order valence-electron chi connectivity index (χ3n) is 3.31. The fourth-order valence-corrected chi connectivity index (χ4v) is 4.18. The molecule has 0 radical (unpaired) electrons. The molecule has 0 saturated carbocycles. The van der Waals surface area contributed by atoms with Gasteiger partial charge in [-0.25, -0.2) is 8.42 Å². The number of allylic oxidation sites excluding steroid dienone is 1. The molecule has 1 aromatic carbocycles. The van der Waals surface area contributed by atoms with Gasteiger partial charge in [0.1, 0.15) is 5.76 Å². The highest BCUT2D eigenvalue weighted by Crippen LogP contribution is 2.37. The average molecular weight is 266 g/mol. The first-order valence-electron chi connectivity index (χ1n) is 6.08. The van der Waals surface area contributed by atoms with Crippen molar-refractivity contribution in [3.05, 3.63) is 41.0 Å². The van der Waals surface area contributed by atoms with Gasteiger partial charge in [-0.2, -0.15) is 0 Å². The SMILES string of the molecule is CC1=C(S(=O)(=O)c2ccccc2)C(C(C)C)CO1. The van der Waals surface area contributed by atoms with Gasteiger partial charge in [0.15, 0.2) is 0 Å². The van der Waals surface area contributed by atoms with Gasteiger partial charge in [-0.05, 0) is 25.0 Å². The van der Waals surface area contributed by atoms with E-state index in [2.05, 4.69) is 0 Å². The van der Waals surface area contributed by atoms with Gasteiger partial charge in [0.25, 0.3) is 0 Å². The number of benzene rings is 1. The minimum absolute atomic E-state index is 0.0461. The zero-order valence-corrected chi connectivity index (χ0v) is 11.7. The highest BCUT2D eigenvalue weighted by Gasteiger charge is 2.37. The van der Waals surface area contributed by atoms with Crippen molar-refractivity contribution in [2.24, 2.45) is 11.8 Å². The molecule has 4 heteroatoms. The van der Waals surface area contributed by atoms with Gasteiger partial charge in [0, 0.05) is 5.92 Å². The van der Waals surface area contributed by atoms with Gasteiger partial charge in [0.05, 0.1) is 16.4 Å². The van der Waals surface area contributed by atoms with Crippen LogP contribution in [0.25, 0.3) is 0 Å². The molecule has 0 amide bonds. The quantitative estimate of drug-likeness (QED) is 0.844. The molecule has 1 heterocycles. The van der Waals surface area contributed by atoms with Crippen molar-refractivity contribution in [3.8, 4) is 0 Å². The Balaban J connectivity index is 2.51. The first-order chi connectivity index (χ1) is 8.44. The molecule has 1 aliphatic rings. The molecule has 2 rings (SSSR count). The van der Waals surface area contributed by atoms with Crippen LogP contribution in [0.1, 0.15) is 20.8 Å². The van der Waals surface area contributed by atoms with Crippen molar-refractivity contribution < 1.29 is 13.2 Å². The third-order valence-corrected chi connectivity index (χ3v) is 5.37. The Morgan fingerprint density at radius 3 is 2.39 bits per heavy atom. The van der Waals surface area contributed by atoms with Gasteiger partial charge in [-0.15, -0.1) is 0 Å². The van der Waals surface area contributed by atoms with Crippen LogP contribution in [0.2, 0.25) is 0 Å². The lowest BCUT2D eigenvalue weighted by Gasteiger charge is -2.16. The third kappa shape index (κ3) is 2.17. The Kier molecular flexibility index (Phi) is 3.48. The smallest absolute Gasteiger partial charge is 0.206 e. The van der Waals surface area contributed by atoms with E-state index < -0.39 is 9.84 Å². The molecular formula is C14H18O3S. The Morgan fingerprint density at radius 2 is 1.83 bits per heavy atom. The largest absolute Gasteiger partial charge is 0.497 e. The van der Waals surface area contributed by atoms with Crippen LogP contribution in [-0.2, 0) is 14.6 Å². The van der Waals surface area contributed by atoms with Gasteiger partial charge in [0.2, 0.25) is 9.84 Å². The molecule has 18 heavy (non-hydrogen) atoms. The molecule has 0 bridgehead atoms. The number of hydrogen-bond donors (Lipinski definition) is 0. The fraction of sp³-hybridized carbons (Fsp3) is 0.429. The van der Waals surface area contributed by atoms with Gasteiger partial charge < -0.3 is 4.74 Å². The zero-order valence-electron chi connectivity index (χ0n) is 10.9. The molecule has 3 nitrogen and oxygen atoms in total. The Bertz CT molecular complexity index is 556. The number of rotatable bonds is 3. The zero-order chi connectivity index (χ0) is 13.3. The van der Waals surface area contributed by atoms with E-state index in [1.165, 1.54) is 0 Å². The van der Waals surface area contributed by atoms with E-state index in [1.807, 2.05) is 19.9 Å². The summed E-state index contributed by atoms with van der Waals surface area (Å²) in [4.78, 5) is 0.791. The lowest BCUT2D eigenvalue weighted by atomic mass is 9.97. The second-order valence-electron chi connectivity index (χ2n) is 4.90. The maximum absolute atomic E-state index is 12.6. The normalized spacial score (nSPS) is 20.3. The maximum atomic E-state index is 12.6. The number of ether oxygens (including phenoxy) is 1. The molecule has 1 unspecified atom stereocenters. The molecule has 1 aromatic rings. The topological polar surface area (TPSA) is 43.4 Å². The van der Waals surface area contributed by atoms with Gasteiger partial charge >= 0.3 is 0 Å². The number of sulfone groups is 1. The predicted octanol–water partition coefficient (Wildman–Crippen LogP) is 2.99. The van der Waals surface area contributed by atoms with Crippen LogP contribution in [0.5, 0.6) is 0 Å². The van der Waals surface area contributed by atoms with Crippen molar-refractivity contribution in [1.29, 1.82) is 0 Å². The van der Waals surface area contributed by atoms with Crippen molar-refractivity contribution in [3.63, 3.8) is 0 Å². The highest BCUT2D eigenvalue weighted by molar-refractivity contribution is 7.95. The molecule has 0 aromatic heterocycles. The van der Waals surface area contributed by atoms with E-state index in [4.69, 9.17) is 4.74 Å². The molecule has 98 valence electrons. The van der Waals surface area contributed by atoms with Crippen molar-refractivity contribution in [2.75, 3.05) is 6.61 Å². The molecule has 0 spiro atoms. The van der Waals surface area contributed by atoms with E-state index in [1.54, 1.807) is 31.2 Å². The van der Waals surface area contributed by atoms with E-state index in [0.29, 0.717) is 22.2 Å². The molecule has 1 atom stereocenters. The summed E-state index contributed by atoms with van der Waals surface area (Å²) in [6.45, 7) is 6.24. The van der Waals surface area contributed by atoms with Gasteiger partial charge in [-0.3, -0.25) is 0 Å². The molecule has 0 saturated heterocycles. The summed E-state index contributed by atoms with van der Waals surface area (Å²) in [5, 5.41) is 0. The molecule has 1 aliphatic heterocycles. The Hall–Kier alpha value is -1.29. The van der Waals surface area contributed by atoms with Crippen molar-refractivity contribution >= 4 is 9.84 Å². The summed E-state index contributed by atoms with van der Waals surface area (Å²) >= 11 is 0. The summed E-state index contributed by atoms with van der Waals surface area (Å²) in [5.74, 6) is 0.740. The monoisotopic (exact) mass is 266 g/mol. The predicted molar refractivity (Wildman–Crippen MR) is 70.6 cm³/mol. The standard InChI is InChI=1S/C14H18O3S/c1-10(2)13-9-17-11(3)14(13)18(15,16)12-7-5-4-6-8-12/h4-8,10,13H,9H2,1-3H3. The van der Waals surface area contributed by atoms with Crippen molar-refractivity contribution in [2.45, 2.75) is 25.7 Å². The van der Waals surface area contributed by atoms with E-state index >= 15 is 0 Å². The molecular weight excluding hydrogens is 248 g/mol. The number of hydrogen-bond acceptors (Lipinski definition) is 3. The summed E-state index contributed by atoms with van der Waals surface area (Å²) in [6.07, 6.45) is 0. The van der Waals surface area contributed by atoms with Gasteiger partial charge in [-0.1, -0.05) is 32.0 Å². The summed E-state index contributed by atoms with van der Waals surface area (Å²) in [7, 11) is -3.43. The highest BCUT2D eigenvalue weighted by atomic mass is 32.2. The van der Waals surface area contributed by atoms with Crippen LogP contribution < -0.4 is 0 Å². The summed E-state index contributed by atoms with van der Waals surface area (Å²) < 4.78 is 30.7. The van der Waals surface area contributed by atoms with E-state index in [0.717, 1.165) is 0 Å². The van der Waals surface area contributed by atoms with Crippen molar-refractivity contribution in [1.82, 2.24) is 0 Å². The van der Waals surface area contributed by atoms with Crippen LogP contribution >= 0.6 is 0 Å². The maximum Gasteiger partial charge on any atom is 0.206 e. The lowest BCUT2D eigenvalue weighted by Crippen LogP contribution is -2.18. The minimum Gasteiger partial charge on any atom is -0.497 e. The lowest BCUT2D eigenvalue weighted by molar-refractivity contribution is 0.202. The Morgan fingerprint density at radius 1 is 1.22 bits per heavy atom. The van der Waals surface area contributed by atoms with Crippen LogP contribution in [0.4, 0.5) is 0 Å². The van der Waals surface area contributed by atoms with E-state index in [-0.39, 0.29) is 11.8 Å². The minimum atomic E-state index is -3.43. The molecule has 0 N–H and O–H groups in total. The Labute approximate surface area is 108 Å². The van der Waals surface area contributed by atoms with Crippen LogP contribution in [0.3, 0.4) is 0 Å². The first kappa shape index (κ1) is 13.1. The summed E-state index contributed by atoms with van der Waals surface area (Å²) in [5.41, 5.74) is 0. The van der Waals surface area contributed by atoms with Crippen LogP contribution in [0.15, 0.2) is 45.9 Å². The molecule has 0 aliphatic carbocycles. The second kappa shape index (κ2) is 4.76. The van der Waals surface area contributed by atoms with Crippen LogP contribution in [0, 0.1) is 11.8 Å². The average Bonchev–Trinajstić information content (AvgIpc) is 2.73. The van der Waals surface area contributed by atoms with Crippen LogP contribution in [-0.4, -0.2) is 15.0 Å². The van der Waals surface area contributed by atoms with E-state index in [9.17, 15) is 8.42 Å². The molecule has 0 fully saturated rings. The summed E-state index contributed by atoms with van der Waals surface area (Å²) in [6, 6.07) is 8.55. The fourth-order valence-electron chi connectivity index (χ4n) is 2.23. The second-order valence-corrected chi connectivity index (χ2v) is 6.82. The first-order valence-corrected chi connectivity index (χ1v) is 7.56.